The molecule has 0 aromatic heterocycles. The molecule has 1 aromatic carbocycles. The standard InChI is InChI=1S/C10H10BrF3O/c1-7(11)9(15-10(12,13)14)8-5-3-2-4-6-8/h2-7,9H,1H3/t7-,9+/m0/s1. The van der Waals surface area contributed by atoms with Crippen molar-refractivity contribution in [1.82, 2.24) is 0 Å². The molecule has 0 heterocycles. The smallest absolute Gasteiger partial charge is 0.283 e. The van der Waals surface area contributed by atoms with Crippen molar-refractivity contribution in [3.05, 3.63) is 35.9 Å². The summed E-state index contributed by atoms with van der Waals surface area (Å²) in [6, 6.07) is 8.31. The first-order valence-electron chi connectivity index (χ1n) is 4.34. The van der Waals surface area contributed by atoms with Gasteiger partial charge in [-0.25, -0.2) is 0 Å². The van der Waals surface area contributed by atoms with Gasteiger partial charge in [-0.2, -0.15) is 0 Å². The zero-order valence-corrected chi connectivity index (χ0v) is 9.55. The second-order valence-electron chi connectivity index (χ2n) is 3.07. The Morgan fingerprint density at radius 3 is 2.13 bits per heavy atom. The van der Waals surface area contributed by atoms with E-state index in [2.05, 4.69) is 20.7 Å². The molecule has 5 heteroatoms. The predicted molar refractivity (Wildman–Crippen MR) is 54.7 cm³/mol. The zero-order chi connectivity index (χ0) is 11.5. The lowest BCUT2D eigenvalue weighted by molar-refractivity contribution is -0.344. The molecule has 0 saturated heterocycles. The molecule has 0 spiro atoms. The predicted octanol–water partition coefficient (Wildman–Crippen LogP) is 4.05. The van der Waals surface area contributed by atoms with E-state index in [0.29, 0.717) is 5.56 Å². The van der Waals surface area contributed by atoms with Crippen molar-refractivity contribution in [3.8, 4) is 0 Å². The summed E-state index contributed by atoms with van der Waals surface area (Å²) >= 11 is 3.11. The van der Waals surface area contributed by atoms with Gasteiger partial charge < -0.3 is 0 Å². The largest absolute Gasteiger partial charge is 0.523 e. The van der Waals surface area contributed by atoms with E-state index < -0.39 is 17.3 Å². The van der Waals surface area contributed by atoms with Gasteiger partial charge in [0.1, 0.15) is 6.10 Å². The highest BCUT2D eigenvalue weighted by atomic mass is 79.9. The first-order chi connectivity index (χ1) is 6.90. The second kappa shape index (κ2) is 4.99. The Balaban J connectivity index is 2.85. The van der Waals surface area contributed by atoms with Crippen LogP contribution in [-0.4, -0.2) is 11.2 Å². The van der Waals surface area contributed by atoms with Crippen LogP contribution in [0.25, 0.3) is 0 Å². The number of hydrogen-bond acceptors (Lipinski definition) is 1. The summed E-state index contributed by atoms with van der Waals surface area (Å²) in [5.41, 5.74) is 0.499. The molecule has 2 atom stereocenters. The lowest BCUT2D eigenvalue weighted by Gasteiger charge is -2.21. The lowest BCUT2D eigenvalue weighted by atomic mass is 10.1. The molecule has 0 aliphatic rings. The summed E-state index contributed by atoms with van der Waals surface area (Å²) in [6.07, 6.45) is -5.64. The number of halogens is 4. The molecule has 1 rings (SSSR count). The first-order valence-corrected chi connectivity index (χ1v) is 5.25. The van der Waals surface area contributed by atoms with Crippen LogP contribution in [0.4, 0.5) is 13.2 Å². The number of benzene rings is 1. The average Bonchev–Trinajstić information content (AvgIpc) is 2.14. The quantitative estimate of drug-likeness (QED) is 0.760. The Morgan fingerprint density at radius 2 is 1.73 bits per heavy atom. The van der Waals surface area contributed by atoms with Crippen molar-refractivity contribution in [3.63, 3.8) is 0 Å². The molecule has 0 unspecified atom stereocenters. The summed E-state index contributed by atoms with van der Waals surface area (Å²) < 4.78 is 40.4. The Morgan fingerprint density at radius 1 is 1.20 bits per heavy atom. The Kier molecular flexibility index (Phi) is 4.16. The van der Waals surface area contributed by atoms with Gasteiger partial charge in [0.05, 0.1) is 0 Å². The Labute approximate surface area is 94.4 Å². The SMILES string of the molecule is C[C@H](Br)[C@@H](OC(F)(F)F)c1ccccc1. The van der Waals surface area contributed by atoms with Crippen LogP contribution in [0.15, 0.2) is 30.3 Å². The monoisotopic (exact) mass is 282 g/mol. The second-order valence-corrected chi connectivity index (χ2v) is 4.52. The summed E-state index contributed by atoms with van der Waals surface area (Å²) in [7, 11) is 0. The van der Waals surface area contributed by atoms with Crippen LogP contribution in [0.5, 0.6) is 0 Å². The molecular weight excluding hydrogens is 273 g/mol. The lowest BCUT2D eigenvalue weighted by Crippen LogP contribution is -2.22. The highest BCUT2D eigenvalue weighted by molar-refractivity contribution is 9.09. The van der Waals surface area contributed by atoms with Gasteiger partial charge in [0.15, 0.2) is 0 Å². The average molecular weight is 283 g/mol. The highest BCUT2D eigenvalue weighted by Gasteiger charge is 2.35. The summed E-state index contributed by atoms with van der Waals surface area (Å²) in [5, 5.41) is 0. The maximum atomic E-state index is 12.1. The van der Waals surface area contributed by atoms with E-state index in [1.807, 2.05) is 0 Å². The van der Waals surface area contributed by atoms with E-state index >= 15 is 0 Å². The summed E-state index contributed by atoms with van der Waals surface area (Å²) in [6.45, 7) is 1.61. The van der Waals surface area contributed by atoms with Gasteiger partial charge in [-0.05, 0) is 12.5 Å². The van der Waals surface area contributed by atoms with E-state index in [-0.39, 0.29) is 0 Å². The highest BCUT2D eigenvalue weighted by Crippen LogP contribution is 2.32. The molecule has 0 amide bonds. The molecule has 0 bridgehead atoms. The Hall–Kier alpha value is -0.550. The van der Waals surface area contributed by atoms with Crippen LogP contribution in [-0.2, 0) is 4.74 Å². The van der Waals surface area contributed by atoms with Crippen LogP contribution in [0.2, 0.25) is 0 Å². The van der Waals surface area contributed by atoms with Crippen LogP contribution >= 0.6 is 15.9 Å². The minimum atomic E-state index is -4.62. The topological polar surface area (TPSA) is 9.23 Å². The summed E-state index contributed by atoms with van der Waals surface area (Å²) in [5.74, 6) is 0. The molecule has 0 saturated carbocycles. The molecule has 0 aliphatic carbocycles. The fourth-order valence-corrected chi connectivity index (χ4v) is 1.63. The van der Waals surface area contributed by atoms with Gasteiger partial charge in [0.25, 0.3) is 0 Å². The molecule has 15 heavy (non-hydrogen) atoms. The summed E-state index contributed by atoms with van der Waals surface area (Å²) in [4.78, 5) is -0.415. The van der Waals surface area contributed by atoms with Gasteiger partial charge in [0.2, 0.25) is 0 Å². The van der Waals surface area contributed by atoms with Crippen molar-refractivity contribution >= 4 is 15.9 Å². The third-order valence-corrected chi connectivity index (χ3v) is 2.29. The minimum Gasteiger partial charge on any atom is -0.283 e. The van der Waals surface area contributed by atoms with Gasteiger partial charge in [-0.3, -0.25) is 4.74 Å². The molecule has 1 aromatic rings. The molecule has 0 aliphatic heterocycles. The molecule has 84 valence electrons. The van der Waals surface area contributed by atoms with Gasteiger partial charge >= 0.3 is 6.36 Å². The first kappa shape index (κ1) is 12.5. The minimum absolute atomic E-state index is 0.415. The maximum absolute atomic E-state index is 12.1. The number of rotatable bonds is 3. The van der Waals surface area contributed by atoms with Crippen LogP contribution < -0.4 is 0 Å². The van der Waals surface area contributed by atoms with Crippen molar-refractivity contribution < 1.29 is 17.9 Å². The van der Waals surface area contributed by atoms with E-state index in [1.165, 1.54) is 0 Å². The molecule has 1 nitrogen and oxygen atoms in total. The Bertz CT molecular complexity index is 297. The number of alkyl halides is 4. The van der Waals surface area contributed by atoms with Gasteiger partial charge in [-0.1, -0.05) is 46.3 Å². The van der Waals surface area contributed by atoms with Gasteiger partial charge in [-0.15, -0.1) is 13.2 Å². The van der Waals surface area contributed by atoms with Gasteiger partial charge in [0, 0.05) is 4.83 Å². The van der Waals surface area contributed by atoms with E-state index in [9.17, 15) is 13.2 Å². The number of ether oxygens (including phenoxy) is 1. The maximum Gasteiger partial charge on any atom is 0.523 e. The van der Waals surface area contributed by atoms with Crippen molar-refractivity contribution in [1.29, 1.82) is 0 Å². The molecule has 0 fully saturated rings. The van der Waals surface area contributed by atoms with Crippen molar-refractivity contribution in [2.45, 2.75) is 24.2 Å². The molecule has 0 N–H and O–H groups in total. The fraction of sp³-hybridized carbons (Fsp3) is 0.400. The third-order valence-electron chi connectivity index (χ3n) is 1.81. The van der Waals surface area contributed by atoms with Crippen LogP contribution in [0.3, 0.4) is 0 Å². The van der Waals surface area contributed by atoms with E-state index in [0.717, 1.165) is 0 Å². The normalized spacial score (nSPS) is 16.1. The fourth-order valence-electron chi connectivity index (χ4n) is 1.21. The number of hydrogen-bond donors (Lipinski definition) is 0. The zero-order valence-electron chi connectivity index (χ0n) is 7.96. The van der Waals surface area contributed by atoms with E-state index in [1.54, 1.807) is 37.3 Å². The van der Waals surface area contributed by atoms with Crippen LogP contribution in [0.1, 0.15) is 18.6 Å². The molecular formula is C10H10BrF3O. The van der Waals surface area contributed by atoms with Crippen molar-refractivity contribution in [2.24, 2.45) is 0 Å². The third kappa shape index (κ3) is 4.22. The molecule has 0 radical (unpaired) electrons. The van der Waals surface area contributed by atoms with Crippen molar-refractivity contribution in [2.75, 3.05) is 0 Å². The van der Waals surface area contributed by atoms with Crippen LogP contribution in [0, 0.1) is 0 Å². The van der Waals surface area contributed by atoms with E-state index in [4.69, 9.17) is 0 Å².